The number of epoxide rings is 1. The third-order valence-electron chi connectivity index (χ3n) is 4.24. The lowest BCUT2D eigenvalue weighted by Crippen LogP contribution is -2.53. The number of carbonyl (C=O) groups is 3. The van der Waals surface area contributed by atoms with Gasteiger partial charge < -0.3 is 25.8 Å². The van der Waals surface area contributed by atoms with Gasteiger partial charge in [-0.25, -0.2) is 0 Å². The Morgan fingerprint density at radius 3 is 2.38 bits per heavy atom. The molecule has 26 heavy (non-hydrogen) atoms. The van der Waals surface area contributed by atoms with Gasteiger partial charge in [0.2, 0.25) is 11.8 Å². The van der Waals surface area contributed by atoms with Gasteiger partial charge in [0.05, 0.1) is 26.3 Å². The molecule has 2 amide bonds. The van der Waals surface area contributed by atoms with E-state index >= 15 is 0 Å². The molecule has 1 heterocycles. The van der Waals surface area contributed by atoms with Crippen molar-refractivity contribution in [2.24, 2.45) is 5.73 Å². The molecule has 8 nitrogen and oxygen atoms in total. The number of rotatable bonds is 9. The van der Waals surface area contributed by atoms with Gasteiger partial charge in [0.1, 0.15) is 17.4 Å². The number of nitrogens with one attached hydrogen (secondary N) is 2. The standard InChI is InChI=1S/C18H25N3O5/c1-11(19)16(23)21-14(8-12-4-6-13(25-3)7-5-12)17(24)20-9-15(22)18(2)10-26-18/h4-7,11,14H,8-10,19H2,1-3H3,(H,20,24)(H,21,23)/t11?,14-,18?/m0/s1. The summed E-state index contributed by atoms with van der Waals surface area (Å²) < 4.78 is 10.2. The Hall–Kier alpha value is -2.45. The van der Waals surface area contributed by atoms with Crippen LogP contribution in [0, 0.1) is 0 Å². The first kappa shape index (κ1) is 19.9. The molecular formula is C18H25N3O5. The molecule has 2 unspecified atom stereocenters. The van der Waals surface area contributed by atoms with E-state index in [2.05, 4.69) is 10.6 Å². The molecule has 1 aliphatic heterocycles. The van der Waals surface area contributed by atoms with Crippen LogP contribution >= 0.6 is 0 Å². The zero-order valence-electron chi connectivity index (χ0n) is 15.2. The Kier molecular flexibility index (Phi) is 6.33. The number of nitrogens with two attached hydrogens (primary N) is 1. The lowest BCUT2D eigenvalue weighted by atomic mass is 10.0. The highest BCUT2D eigenvalue weighted by molar-refractivity contribution is 5.95. The second-order valence-corrected chi connectivity index (χ2v) is 6.56. The summed E-state index contributed by atoms with van der Waals surface area (Å²) >= 11 is 0. The summed E-state index contributed by atoms with van der Waals surface area (Å²) in [7, 11) is 1.56. The summed E-state index contributed by atoms with van der Waals surface area (Å²) in [4.78, 5) is 36.4. The predicted octanol–water partition coefficient (Wildman–Crippen LogP) is -0.456. The van der Waals surface area contributed by atoms with Crippen LogP contribution in [-0.2, 0) is 25.5 Å². The first-order chi connectivity index (χ1) is 12.2. The van der Waals surface area contributed by atoms with Crippen molar-refractivity contribution in [1.29, 1.82) is 0 Å². The normalized spacial score (nSPS) is 20.6. The van der Waals surface area contributed by atoms with Gasteiger partial charge in [-0.05, 0) is 31.5 Å². The molecule has 0 radical (unpaired) electrons. The highest BCUT2D eigenvalue weighted by Gasteiger charge is 2.46. The van der Waals surface area contributed by atoms with E-state index in [0.29, 0.717) is 12.4 Å². The smallest absolute Gasteiger partial charge is 0.243 e. The molecule has 142 valence electrons. The fourth-order valence-electron chi connectivity index (χ4n) is 2.26. The number of methoxy groups -OCH3 is 1. The van der Waals surface area contributed by atoms with Crippen LogP contribution < -0.4 is 21.1 Å². The van der Waals surface area contributed by atoms with E-state index in [-0.39, 0.29) is 18.7 Å². The molecule has 1 fully saturated rings. The van der Waals surface area contributed by atoms with Gasteiger partial charge in [0, 0.05) is 6.42 Å². The predicted molar refractivity (Wildman–Crippen MR) is 94.7 cm³/mol. The molecule has 0 bridgehead atoms. The zero-order valence-corrected chi connectivity index (χ0v) is 15.2. The largest absolute Gasteiger partial charge is 0.497 e. The van der Waals surface area contributed by atoms with Crippen molar-refractivity contribution in [1.82, 2.24) is 10.6 Å². The van der Waals surface area contributed by atoms with E-state index in [4.69, 9.17) is 15.2 Å². The third kappa shape index (κ3) is 5.27. The summed E-state index contributed by atoms with van der Waals surface area (Å²) in [5.41, 5.74) is 5.61. The molecule has 1 aromatic carbocycles. The summed E-state index contributed by atoms with van der Waals surface area (Å²) in [6, 6.07) is 5.56. The fraction of sp³-hybridized carbons (Fsp3) is 0.500. The topological polar surface area (TPSA) is 123 Å². The maximum Gasteiger partial charge on any atom is 0.243 e. The summed E-state index contributed by atoms with van der Waals surface area (Å²) in [6.07, 6.45) is 0.260. The van der Waals surface area contributed by atoms with Crippen LogP contribution in [0.5, 0.6) is 5.75 Å². The first-order valence-corrected chi connectivity index (χ1v) is 8.39. The van der Waals surface area contributed by atoms with Crippen LogP contribution in [0.15, 0.2) is 24.3 Å². The molecule has 0 saturated carbocycles. The number of ether oxygens (including phenoxy) is 2. The number of Topliss-reactive ketones (excluding diaryl/α,β-unsaturated/α-hetero) is 1. The number of amides is 2. The van der Waals surface area contributed by atoms with E-state index in [1.54, 1.807) is 38.3 Å². The number of carbonyl (C=O) groups excluding carboxylic acids is 3. The molecule has 1 aliphatic rings. The highest BCUT2D eigenvalue weighted by Crippen LogP contribution is 2.26. The molecule has 2 rings (SSSR count). The maximum absolute atomic E-state index is 12.5. The van der Waals surface area contributed by atoms with Crippen LogP contribution in [0.3, 0.4) is 0 Å². The van der Waals surface area contributed by atoms with Crippen LogP contribution in [0.2, 0.25) is 0 Å². The molecule has 1 saturated heterocycles. The Balaban J connectivity index is 2.02. The van der Waals surface area contributed by atoms with E-state index in [1.165, 1.54) is 6.92 Å². The quantitative estimate of drug-likeness (QED) is 0.511. The molecule has 1 aromatic rings. The molecular weight excluding hydrogens is 338 g/mol. The van der Waals surface area contributed by atoms with Crippen molar-refractivity contribution < 1.29 is 23.9 Å². The van der Waals surface area contributed by atoms with Gasteiger partial charge in [-0.15, -0.1) is 0 Å². The van der Waals surface area contributed by atoms with Crippen molar-refractivity contribution in [2.75, 3.05) is 20.3 Å². The minimum Gasteiger partial charge on any atom is -0.497 e. The van der Waals surface area contributed by atoms with Crippen LogP contribution in [0.1, 0.15) is 19.4 Å². The first-order valence-electron chi connectivity index (χ1n) is 8.39. The maximum atomic E-state index is 12.5. The Morgan fingerprint density at radius 1 is 1.27 bits per heavy atom. The van der Waals surface area contributed by atoms with E-state index in [0.717, 1.165) is 5.56 Å². The molecule has 0 spiro atoms. The van der Waals surface area contributed by atoms with E-state index in [1.807, 2.05) is 0 Å². The monoisotopic (exact) mass is 363 g/mol. The molecule has 8 heteroatoms. The van der Waals surface area contributed by atoms with Gasteiger partial charge in [-0.3, -0.25) is 14.4 Å². The fourth-order valence-corrected chi connectivity index (χ4v) is 2.26. The molecule has 4 N–H and O–H groups in total. The van der Waals surface area contributed by atoms with Crippen molar-refractivity contribution in [3.05, 3.63) is 29.8 Å². The van der Waals surface area contributed by atoms with Gasteiger partial charge in [0.15, 0.2) is 5.78 Å². The van der Waals surface area contributed by atoms with Crippen LogP contribution in [0.25, 0.3) is 0 Å². The molecule has 3 atom stereocenters. The van der Waals surface area contributed by atoms with Gasteiger partial charge >= 0.3 is 0 Å². The summed E-state index contributed by atoms with van der Waals surface area (Å²) in [5, 5.41) is 5.19. The average Bonchev–Trinajstić information content (AvgIpc) is 3.38. The Bertz CT molecular complexity index is 668. The van der Waals surface area contributed by atoms with Crippen LogP contribution in [-0.4, -0.2) is 55.5 Å². The van der Waals surface area contributed by atoms with Crippen molar-refractivity contribution in [3.63, 3.8) is 0 Å². The second kappa shape index (κ2) is 8.29. The molecule has 0 aliphatic carbocycles. The Morgan fingerprint density at radius 2 is 1.88 bits per heavy atom. The number of ketones is 1. The van der Waals surface area contributed by atoms with Gasteiger partial charge in [-0.1, -0.05) is 12.1 Å². The van der Waals surface area contributed by atoms with Crippen LogP contribution in [0.4, 0.5) is 0 Å². The zero-order chi connectivity index (χ0) is 19.3. The minimum absolute atomic E-state index is 0.150. The Labute approximate surface area is 152 Å². The van der Waals surface area contributed by atoms with Crippen molar-refractivity contribution >= 4 is 17.6 Å². The van der Waals surface area contributed by atoms with Crippen molar-refractivity contribution in [2.45, 2.75) is 38.0 Å². The lowest BCUT2D eigenvalue weighted by Gasteiger charge is -2.20. The van der Waals surface area contributed by atoms with Gasteiger partial charge in [0.25, 0.3) is 0 Å². The van der Waals surface area contributed by atoms with Crippen molar-refractivity contribution in [3.8, 4) is 5.75 Å². The lowest BCUT2D eigenvalue weighted by molar-refractivity contribution is -0.131. The SMILES string of the molecule is COc1ccc(C[C@H](NC(=O)C(C)N)C(=O)NCC(=O)C2(C)CO2)cc1. The number of hydrogen-bond acceptors (Lipinski definition) is 6. The minimum atomic E-state index is -0.845. The van der Waals surface area contributed by atoms with E-state index < -0.39 is 29.5 Å². The average molecular weight is 363 g/mol. The number of benzene rings is 1. The molecule has 0 aromatic heterocycles. The second-order valence-electron chi connectivity index (χ2n) is 6.56. The highest BCUT2D eigenvalue weighted by atomic mass is 16.6. The van der Waals surface area contributed by atoms with E-state index in [9.17, 15) is 14.4 Å². The summed E-state index contributed by atoms with van der Waals surface area (Å²) in [5.74, 6) is -0.403. The number of hydrogen-bond donors (Lipinski definition) is 3. The van der Waals surface area contributed by atoms with Gasteiger partial charge in [-0.2, -0.15) is 0 Å². The third-order valence-corrected chi connectivity index (χ3v) is 4.24. The summed E-state index contributed by atoms with van der Waals surface area (Å²) in [6.45, 7) is 3.42.